The van der Waals surface area contributed by atoms with Crippen LogP contribution in [0.1, 0.15) is 24.0 Å². The molecule has 5 heteroatoms. The van der Waals surface area contributed by atoms with Gasteiger partial charge in [0.1, 0.15) is 11.6 Å². The molecule has 1 aliphatic rings. The Kier molecular flexibility index (Phi) is 6.73. The number of aryl methyl sites for hydroxylation is 1. The molecule has 4 nitrogen and oxygen atoms in total. The van der Waals surface area contributed by atoms with Gasteiger partial charge in [-0.3, -0.25) is 4.79 Å². The zero-order valence-corrected chi connectivity index (χ0v) is 16.7. The highest BCUT2D eigenvalue weighted by atomic mass is 35.5. The molecule has 0 unspecified atom stereocenters. The van der Waals surface area contributed by atoms with E-state index < -0.39 is 0 Å². The molecular weight excluding hydrogens is 370 g/mol. The molecule has 1 heterocycles. The largest absolute Gasteiger partial charge is 0.360 e. The number of amides is 1. The molecule has 0 bridgehead atoms. The van der Waals surface area contributed by atoms with E-state index in [1.54, 1.807) is 11.0 Å². The molecule has 0 aliphatic carbocycles. The van der Waals surface area contributed by atoms with Crippen LogP contribution in [0, 0.1) is 24.2 Å². The van der Waals surface area contributed by atoms with Crippen molar-refractivity contribution < 1.29 is 4.79 Å². The third kappa shape index (κ3) is 5.15. The molecule has 1 fully saturated rings. The third-order valence-electron chi connectivity index (χ3n) is 5.18. The van der Waals surface area contributed by atoms with E-state index in [1.165, 1.54) is 11.8 Å². The Bertz CT molecular complexity index is 894. The van der Waals surface area contributed by atoms with Crippen LogP contribution in [0.2, 0.25) is 5.02 Å². The molecule has 0 atom stereocenters. The second kappa shape index (κ2) is 9.43. The van der Waals surface area contributed by atoms with Gasteiger partial charge >= 0.3 is 0 Å². The Balaban J connectivity index is 1.57. The lowest BCUT2D eigenvalue weighted by molar-refractivity contribution is -0.128. The monoisotopic (exact) mass is 393 g/mol. The molecule has 1 amide bonds. The smallest absolute Gasteiger partial charge is 0.266 e. The molecule has 2 aromatic carbocycles. The Labute approximate surface area is 171 Å². The molecule has 2 aromatic rings. The summed E-state index contributed by atoms with van der Waals surface area (Å²) in [7, 11) is 0. The lowest BCUT2D eigenvalue weighted by atomic mass is 9.90. The standard InChI is InChI=1S/C23H24ClN3O/c1-17-13-21(24)7-8-22(17)26-16-20(15-25)23(28)27-11-9-19(10-12-27)14-18-5-3-2-4-6-18/h2-8,13,16,19,26H,9-12,14H2,1H3/b20-16-. The number of nitrogens with zero attached hydrogens (tertiary/aromatic N) is 2. The summed E-state index contributed by atoms with van der Waals surface area (Å²) in [5, 5.41) is 13.2. The van der Waals surface area contributed by atoms with Crippen LogP contribution in [-0.2, 0) is 11.2 Å². The average Bonchev–Trinajstić information content (AvgIpc) is 2.71. The van der Waals surface area contributed by atoms with Crippen LogP contribution in [0.25, 0.3) is 0 Å². The molecule has 0 saturated carbocycles. The summed E-state index contributed by atoms with van der Waals surface area (Å²) in [6, 6.07) is 17.9. The fraction of sp³-hybridized carbons (Fsp3) is 0.304. The first-order chi connectivity index (χ1) is 13.6. The van der Waals surface area contributed by atoms with E-state index in [4.69, 9.17) is 11.6 Å². The second-order valence-corrected chi connectivity index (χ2v) is 7.64. The van der Waals surface area contributed by atoms with Gasteiger partial charge in [0, 0.05) is 30.0 Å². The lowest BCUT2D eigenvalue weighted by Gasteiger charge is -2.32. The van der Waals surface area contributed by atoms with E-state index in [2.05, 4.69) is 29.6 Å². The van der Waals surface area contributed by atoms with E-state index >= 15 is 0 Å². The highest BCUT2D eigenvalue weighted by Gasteiger charge is 2.25. The minimum absolute atomic E-state index is 0.121. The van der Waals surface area contributed by atoms with Gasteiger partial charge in [-0.1, -0.05) is 41.9 Å². The number of hydrogen-bond donors (Lipinski definition) is 1. The van der Waals surface area contributed by atoms with Crippen molar-refractivity contribution in [1.82, 2.24) is 4.90 Å². The quantitative estimate of drug-likeness (QED) is 0.577. The van der Waals surface area contributed by atoms with Gasteiger partial charge in [0.25, 0.3) is 5.91 Å². The van der Waals surface area contributed by atoms with E-state index in [-0.39, 0.29) is 11.5 Å². The Morgan fingerprint density at radius 3 is 2.61 bits per heavy atom. The van der Waals surface area contributed by atoms with Gasteiger partial charge in [0.2, 0.25) is 0 Å². The summed E-state index contributed by atoms with van der Waals surface area (Å²) in [5.74, 6) is 0.371. The van der Waals surface area contributed by atoms with Gasteiger partial charge < -0.3 is 10.2 Å². The Morgan fingerprint density at radius 2 is 1.96 bits per heavy atom. The van der Waals surface area contributed by atoms with Crippen LogP contribution in [0.5, 0.6) is 0 Å². The van der Waals surface area contributed by atoms with Crippen molar-refractivity contribution in [1.29, 1.82) is 5.26 Å². The maximum absolute atomic E-state index is 12.7. The summed E-state index contributed by atoms with van der Waals surface area (Å²) in [5.41, 5.74) is 3.24. The zero-order chi connectivity index (χ0) is 19.9. The topological polar surface area (TPSA) is 56.1 Å². The van der Waals surface area contributed by atoms with Crippen LogP contribution in [-0.4, -0.2) is 23.9 Å². The van der Waals surface area contributed by atoms with E-state index in [0.29, 0.717) is 24.0 Å². The van der Waals surface area contributed by atoms with E-state index in [0.717, 1.165) is 30.5 Å². The van der Waals surface area contributed by atoms with Gasteiger partial charge in [-0.2, -0.15) is 5.26 Å². The summed E-state index contributed by atoms with van der Waals surface area (Å²) in [6.07, 6.45) is 4.46. The van der Waals surface area contributed by atoms with Crippen LogP contribution >= 0.6 is 11.6 Å². The summed E-state index contributed by atoms with van der Waals surface area (Å²) in [4.78, 5) is 14.5. The van der Waals surface area contributed by atoms with Crippen LogP contribution in [0.3, 0.4) is 0 Å². The van der Waals surface area contributed by atoms with Crippen molar-refractivity contribution in [2.45, 2.75) is 26.2 Å². The SMILES string of the molecule is Cc1cc(Cl)ccc1N/C=C(/C#N)C(=O)N1CCC(Cc2ccccc2)CC1. The number of benzene rings is 2. The van der Waals surface area contributed by atoms with E-state index in [1.807, 2.05) is 31.2 Å². The Hall–Kier alpha value is -2.77. The predicted molar refractivity (Wildman–Crippen MR) is 113 cm³/mol. The summed E-state index contributed by atoms with van der Waals surface area (Å²) >= 11 is 5.97. The van der Waals surface area contributed by atoms with Gasteiger partial charge in [-0.15, -0.1) is 0 Å². The fourth-order valence-corrected chi connectivity index (χ4v) is 3.77. The molecule has 0 spiro atoms. The molecule has 28 heavy (non-hydrogen) atoms. The summed E-state index contributed by atoms with van der Waals surface area (Å²) < 4.78 is 0. The molecule has 1 saturated heterocycles. The normalized spacial score (nSPS) is 15.2. The molecular formula is C23H24ClN3O. The molecule has 1 N–H and O–H groups in total. The number of rotatable bonds is 5. The van der Waals surface area contributed by atoms with Crippen molar-refractivity contribution in [3.8, 4) is 6.07 Å². The number of nitriles is 1. The average molecular weight is 394 g/mol. The number of likely N-dealkylation sites (tertiary alicyclic amines) is 1. The first-order valence-electron chi connectivity index (χ1n) is 9.53. The first-order valence-corrected chi connectivity index (χ1v) is 9.91. The second-order valence-electron chi connectivity index (χ2n) is 7.20. The maximum atomic E-state index is 12.7. The number of anilines is 1. The lowest BCUT2D eigenvalue weighted by Crippen LogP contribution is -2.39. The number of carbonyl (C=O) groups excluding carboxylic acids is 1. The number of piperidine rings is 1. The van der Waals surface area contributed by atoms with Crippen molar-refractivity contribution in [3.63, 3.8) is 0 Å². The number of halogens is 1. The number of carbonyl (C=O) groups is 1. The minimum Gasteiger partial charge on any atom is -0.360 e. The first kappa shape index (κ1) is 20.0. The molecule has 3 rings (SSSR count). The number of hydrogen-bond acceptors (Lipinski definition) is 3. The van der Waals surface area contributed by atoms with Crippen molar-refractivity contribution in [2.75, 3.05) is 18.4 Å². The summed E-state index contributed by atoms with van der Waals surface area (Å²) in [6.45, 7) is 3.30. The third-order valence-corrected chi connectivity index (χ3v) is 5.42. The van der Waals surface area contributed by atoms with Gasteiger partial charge in [-0.05, 0) is 61.4 Å². The molecule has 0 radical (unpaired) electrons. The molecule has 0 aromatic heterocycles. The van der Waals surface area contributed by atoms with Gasteiger partial charge in [0.15, 0.2) is 0 Å². The number of nitrogens with one attached hydrogen (secondary N) is 1. The van der Waals surface area contributed by atoms with Crippen LogP contribution in [0.4, 0.5) is 5.69 Å². The van der Waals surface area contributed by atoms with Crippen LogP contribution < -0.4 is 5.32 Å². The molecule has 144 valence electrons. The van der Waals surface area contributed by atoms with Crippen molar-refractivity contribution >= 4 is 23.2 Å². The predicted octanol–water partition coefficient (Wildman–Crippen LogP) is 4.95. The minimum atomic E-state index is -0.209. The fourth-order valence-electron chi connectivity index (χ4n) is 3.54. The van der Waals surface area contributed by atoms with E-state index in [9.17, 15) is 10.1 Å². The van der Waals surface area contributed by atoms with Crippen molar-refractivity contribution in [2.24, 2.45) is 5.92 Å². The van der Waals surface area contributed by atoms with Crippen molar-refractivity contribution in [3.05, 3.63) is 76.5 Å². The van der Waals surface area contributed by atoms with Crippen LogP contribution in [0.15, 0.2) is 60.3 Å². The highest BCUT2D eigenvalue weighted by molar-refractivity contribution is 6.30. The molecule has 1 aliphatic heterocycles. The highest BCUT2D eigenvalue weighted by Crippen LogP contribution is 2.23. The zero-order valence-electron chi connectivity index (χ0n) is 16.0. The maximum Gasteiger partial charge on any atom is 0.266 e. The Morgan fingerprint density at radius 1 is 1.25 bits per heavy atom. The van der Waals surface area contributed by atoms with Gasteiger partial charge in [-0.25, -0.2) is 0 Å². The van der Waals surface area contributed by atoms with Gasteiger partial charge in [0.05, 0.1) is 0 Å².